The van der Waals surface area contributed by atoms with E-state index in [4.69, 9.17) is 4.74 Å². The van der Waals surface area contributed by atoms with Crippen molar-refractivity contribution in [3.8, 4) is 5.75 Å². The number of imide groups is 1. The van der Waals surface area contributed by atoms with Crippen molar-refractivity contribution in [2.24, 2.45) is 0 Å². The first-order valence-corrected chi connectivity index (χ1v) is 8.24. The van der Waals surface area contributed by atoms with Gasteiger partial charge >= 0.3 is 6.03 Å². The van der Waals surface area contributed by atoms with E-state index in [0.29, 0.717) is 6.61 Å². The highest BCUT2D eigenvalue weighted by atomic mass is 16.5. The molecule has 0 aromatic heterocycles. The SMILES string of the molecule is CNC(=O)NC(=O)[C@H](N[C@H]1CCOc2ccccc21)c1ccccc1. The fourth-order valence-electron chi connectivity index (χ4n) is 2.93. The number of benzene rings is 2. The summed E-state index contributed by atoms with van der Waals surface area (Å²) < 4.78 is 5.68. The Morgan fingerprint density at radius 3 is 2.56 bits per heavy atom. The van der Waals surface area contributed by atoms with E-state index in [1.165, 1.54) is 7.05 Å². The Balaban J connectivity index is 1.86. The van der Waals surface area contributed by atoms with Crippen molar-refractivity contribution in [2.75, 3.05) is 13.7 Å². The molecule has 0 aliphatic carbocycles. The van der Waals surface area contributed by atoms with Crippen LogP contribution in [-0.4, -0.2) is 25.6 Å². The second-order valence-corrected chi connectivity index (χ2v) is 5.81. The van der Waals surface area contributed by atoms with Crippen molar-refractivity contribution < 1.29 is 14.3 Å². The minimum atomic E-state index is -0.644. The molecular weight excluding hydrogens is 318 g/mol. The van der Waals surface area contributed by atoms with E-state index in [0.717, 1.165) is 23.3 Å². The van der Waals surface area contributed by atoms with Crippen LogP contribution in [0.3, 0.4) is 0 Å². The maximum Gasteiger partial charge on any atom is 0.321 e. The van der Waals surface area contributed by atoms with E-state index in [1.807, 2.05) is 54.6 Å². The highest BCUT2D eigenvalue weighted by Crippen LogP contribution is 2.33. The lowest BCUT2D eigenvalue weighted by atomic mass is 9.97. The maximum atomic E-state index is 12.6. The molecule has 1 heterocycles. The van der Waals surface area contributed by atoms with Gasteiger partial charge in [0.25, 0.3) is 0 Å². The zero-order valence-corrected chi connectivity index (χ0v) is 14.0. The van der Waals surface area contributed by atoms with Gasteiger partial charge in [-0.1, -0.05) is 48.5 Å². The number of amides is 3. The first kappa shape index (κ1) is 17.0. The normalized spacial score (nSPS) is 16.9. The fourth-order valence-corrected chi connectivity index (χ4v) is 2.93. The Morgan fingerprint density at radius 2 is 1.80 bits per heavy atom. The van der Waals surface area contributed by atoms with Gasteiger partial charge in [-0.25, -0.2) is 4.79 Å². The molecule has 3 N–H and O–H groups in total. The molecule has 0 radical (unpaired) electrons. The standard InChI is InChI=1S/C19H21N3O3/c1-20-19(24)22-18(23)17(13-7-3-2-4-8-13)21-15-11-12-25-16-10-6-5-9-14(15)16/h2-10,15,17,21H,11-12H2,1H3,(H2,20,22,23,24)/t15-,17+/m0/s1. The van der Waals surface area contributed by atoms with E-state index in [1.54, 1.807) is 0 Å². The van der Waals surface area contributed by atoms with Crippen molar-refractivity contribution in [2.45, 2.75) is 18.5 Å². The molecule has 25 heavy (non-hydrogen) atoms. The summed E-state index contributed by atoms with van der Waals surface area (Å²) in [5.41, 5.74) is 1.82. The number of nitrogens with one attached hydrogen (secondary N) is 3. The minimum Gasteiger partial charge on any atom is -0.493 e. The first-order valence-electron chi connectivity index (χ1n) is 8.24. The molecule has 3 amide bonds. The molecule has 0 spiro atoms. The third kappa shape index (κ3) is 3.97. The Labute approximate surface area is 146 Å². The Hall–Kier alpha value is -2.86. The molecule has 6 nitrogen and oxygen atoms in total. The number of fused-ring (bicyclic) bond motifs is 1. The van der Waals surface area contributed by atoms with Gasteiger partial charge in [0.05, 0.1) is 6.61 Å². The molecule has 0 unspecified atom stereocenters. The monoisotopic (exact) mass is 339 g/mol. The molecule has 3 rings (SSSR count). The Morgan fingerprint density at radius 1 is 1.08 bits per heavy atom. The predicted molar refractivity (Wildman–Crippen MR) is 94.2 cm³/mol. The zero-order valence-electron chi connectivity index (χ0n) is 14.0. The van der Waals surface area contributed by atoms with Crippen molar-refractivity contribution in [1.29, 1.82) is 0 Å². The zero-order chi connectivity index (χ0) is 17.6. The molecule has 2 aromatic rings. The van der Waals surface area contributed by atoms with E-state index in [9.17, 15) is 9.59 Å². The molecule has 0 bridgehead atoms. The van der Waals surface area contributed by atoms with Gasteiger partial charge < -0.3 is 10.1 Å². The smallest absolute Gasteiger partial charge is 0.321 e. The lowest BCUT2D eigenvalue weighted by molar-refractivity contribution is -0.122. The van der Waals surface area contributed by atoms with Crippen LogP contribution >= 0.6 is 0 Å². The van der Waals surface area contributed by atoms with Gasteiger partial charge in [0, 0.05) is 25.1 Å². The maximum absolute atomic E-state index is 12.6. The van der Waals surface area contributed by atoms with Crippen molar-refractivity contribution in [1.82, 2.24) is 16.0 Å². The van der Waals surface area contributed by atoms with E-state index < -0.39 is 18.0 Å². The minimum absolute atomic E-state index is 0.0365. The summed E-state index contributed by atoms with van der Waals surface area (Å²) >= 11 is 0. The lowest BCUT2D eigenvalue weighted by Crippen LogP contribution is -2.45. The number of para-hydroxylation sites is 1. The number of carbonyl (C=O) groups excluding carboxylic acids is 2. The quantitative estimate of drug-likeness (QED) is 0.798. The summed E-state index contributed by atoms with van der Waals surface area (Å²) in [6, 6.07) is 15.9. The van der Waals surface area contributed by atoms with Crippen LogP contribution in [0.2, 0.25) is 0 Å². The Kier molecular flexibility index (Phi) is 5.30. The second-order valence-electron chi connectivity index (χ2n) is 5.81. The molecular formula is C19H21N3O3. The molecule has 130 valence electrons. The van der Waals surface area contributed by atoms with Crippen LogP contribution in [0.25, 0.3) is 0 Å². The van der Waals surface area contributed by atoms with Gasteiger partial charge in [0.15, 0.2) is 0 Å². The number of rotatable bonds is 4. The van der Waals surface area contributed by atoms with Gasteiger partial charge in [-0.05, 0) is 11.6 Å². The summed E-state index contributed by atoms with van der Waals surface area (Å²) in [6.07, 6.45) is 0.744. The topological polar surface area (TPSA) is 79.5 Å². The average Bonchev–Trinajstić information content (AvgIpc) is 2.66. The van der Waals surface area contributed by atoms with Crippen LogP contribution in [0.4, 0.5) is 4.79 Å². The van der Waals surface area contributed by atoms with Gasteiger partial charge in [-0.3, -0.25) is 15.4 Å². The molecule has 0 fully saturated rings. The molecule has 6 heteroatoms. The first-order chi connectivity index (χ1) is 12.2. The highest BCUT2D eigenvalue weighted by molar-refractivity contribution is 5.97. The number of hydrogen-bond donors (Lipinski definition) is 3. The largest absolute Gasteiger partial charge is 0.493 e. The van der Waals surface area contributed by atoms with Crippen molar-refractivity contribution >= 4 is 11.9 Å². The lowest BCUT2D eigenvalue weighted by Gasteiger charge is -2.30. The van der Waals surface area contributed by atoms with Crippen LogP contribution in [0.15, 0.2) is 54.6 Å². The van der Waals surface area contributed by atoms with Crippen LogP contribution in [0, 0.1) is 0 Å². The summed E-state index contributed by atoms with van der Waals surface area (Å²) in [4.78, 5) is 24.2. The average molecular weight is 339 g/mol. The van der Waals surface area contributed by atoms with Crippen LogP contribution in [0.5, 0.6) is 5.75 Å². The summed E-state index contributed by atoms with van der Waals surface area (Å²) in [7, 11) is 1.47. The Bertz CT molecular complexity index is 749. The number of carbonyl (C=O) groups is 2. The second kappa shape index (κ2) is 7.81. The van der Waals surface area contributed by atoms with Crippen molar-refractivity contribution in [3.05, 3.63) is 65.7 Å². The molecule has 0 saturated carbocycles. The molecule has 2 aromatic carbocycles. The highest BCUT2D eigenvalue weighted by Gasteiger charge is 2.28. The predicted octanol–water partition coefficient (Wildman–Crippen LogP) is 2.30. The molecule has 1 aliphatic rings. The third-order valence-corrected chi connectivity index (χ3v) is 4.19. The van der Waals surface area contributed by atoms with Gasteiger partial charge in [-0.15, -0.1) is 0 Å². The van der Waals surface area contributed by atoms with Gasteiger partial charge in [0.2, 0.25) is 5.91 Å². The molecule has 1 aliphatic heterocycles. The van der Waals surface area contributed by atoms with Crippen LogP contribution in [0.1, 0.15) is 29.6 Å². The van der Waals surface area contributed by atoms with E-state index in [2.05, 4.69) is 16.0 Å². The van der Waals surface area contributed by atoms with Gasteiger partial charge in [-0.2, -0.15) is 0 Å². The van der Waals surface area contributed by atoms with Crippen LogP contribution < -0.4 is 20.7 Å². The third-order valence-electron chi connectivity index (χ3n) is 4.19. The molecule has 0 saturated heterocycles. The number of hydrogen-bond acceptors (Lipinski definition) is 4. The van der Waals surface area contributed by atoms with E-state index in [-0.39, 0.29) is 6.04 Å². The van der Waals surface area contributed by atoms with Crippen molar-refractivity contribution in [3.63, 3.8) is 0 Å². The van der Waals surface area contributed by atoms with E-state index >= 15 is 0 Å². The fraction of sp³-hybridized carbons (Fsp3) is 0.263. The summed E-state index contributed by atoms with van der Waals surface area (Å²) in [5, 5.41) is 8.15. The van der Waals surface area contributed by atoms with Gasteiger partial charge in [0.1, 0.15) is 11.8 Å². The molecule has 2 atom stereocenters. The summed E-state index contributed by atoms with van der Waals surface area (Å²) in [5.74, 6) is 0.430. The van der Waals surface area contributed by atoms with Crippen LogP contribution in [-0.2, 0) is 4.79 Å². The summed E-state index contributed by atoms with van der Waals surface area (Å²) in [6.45, 7) is 0.577. The number of ether oxygens (including phenoxy) is 1. The number of urea groups is 1.